The molecule has 0 saturated heterocycles. The van der Waals surface area contributed by atoms with Gasteiger partial charge in [0.25, 0.3) is 0 Å². The van der Waals surface area contributed by atoms with Crippen LogP contribution in [-0.4, -0.2) is 23.8 Å². The van der Waals surface area contributed by atoms with Crippen LogP contribution in [0.15, 0.2) is 48.5 Å². The lowest BCUT2D eigenvalue weighted by molar-refractivity contribution is -0.121. The summed E-state index contributed by atoms with van der Waals surface area (Å²) in [5.74, 6) is 1.63. The molecule has 1 atom stereocenters. The molecule has 0 spiro atoms. The molecule has 2 aromatic carbocycles. The van der Waals surface area contributed by atoms with Crippen LogP contribution in [0, 0.1) is 0 Å². The minimum atomic E-state index is -0.515. The smallest absolute Gasteiger partial charge is 0.231 e. The lowest BCUT2D eigenvalue weighted by Crippen LogP contribution is -2.14. The van der Waals surface area contributed by atoms with Crippen LogP contribution in [0.2, 0.25) is 0 Å². The first-order chi connectivity index (χ1) is 13.7. The summed E-state index contributed by atoms with van der Waals surface area (Å²) in [6, 6.07) is 16.3. The molecule has 4 nitrogen and oxygen atoms in total. The lowest BCUT2D eigenvalue weighted by atomic mass is 10.00. The van der Waals surface area contributed by atoms with Gasteiger partial charge < -0.3 is 14.6 Å². The number of aliphatic hydroxyl groups excluding tert-OH is 1. The molecule has 1 heterocycles. The molecule has 1 unspecified atom stereocenters. The Bertz CT molecular complexity index is 742. The quantitative estimate of drug-likeness (QED) is 0.533. The molecule has 0 amide bonds. The van der Waals surface area contributed by atoms with Crippen molar-refractivity contribution >= 4 is 5.78 Å². The number of aryl methyl sites for hydroxylation is 2. The first-order valence-corrected chi connectivity index (χ1v) is 10.3. The maximum Gasteiger partial charge on any atom is 0.231 e. The molecule has 0 bridgehead atoms. The van der Waals surface area contributed by atoms with Gasteiger partial charge in [-0.15, -0.1) is 0 Å². The fraction of sp³-hybridized carbons (Fsp3) is 0.458. The summed E-state index contributed by atoms with van der Waals surface area (Å²) in [7, 11) is 0. The minimum absolute atomic E-state index is 0.120. The Morgan fingerprint density at radius 3 is 2.54 bits per heavy atom. The first kappa shape index (κ1) is 20.4. The third kappa shape index (κ3) is 6.68. The van der Waals surface area contributed by atoms with Gasteiger partial charge in [-0.1, -0.05) is 55.7 Å². The van der Waals surface area contributed by atoms with Crippen molar-refractivity contribution in [2.24, 2.45) is 0 Å². The highest BCUT2D eigenvalue weighted by Gasteiger charge is 2.15. The highest BCUT2D eigenvalue weighted by molar-refractivity contribution is 5.79. The Balaban J connectivity index is 1.24. The Morgan fingerprint density at radius 2 is 1.68 bits per heavy atom. The summed E-state index contributed by atoms with van der Waals surface area (Å²) in [4.78, 5) is 12.1. The van der Waals surface area contributed by atoms with E-state index >= 15 is 0 Å². The predicted molar refractivity (Wildman–Crippen MR) is 110 cm³/mol. The van der Waals surface area contributed by atoms with Gasteiger partial charge in [-0.3, -0.25) is 4.79 Å². The standard InChI is InChI=1S/C24H30O4/c25-21(11-7-2-1-4-8-19-9-5-3-6-10-19)17-22(26)14-12-20-13-15-23-24(16-20)28-18-27-23/h3,5-6,9-10,13,15-16,21,25H,1-2,4,7-8,11-12,14,17-18H2. The molecule has 0 radical (unpaired) electrons. The Hall–Kier alpha value is -2.33. The number of Topliss-reactive ketones (excluding diaryl/α,β-unsaturated/α-hetero) is 1. The van der Waals surface area contributed by atoms with E-state index in [-0.39, 0.29) is 19.0 Å². The summed E-state index contributed by atoms with van der Waals surface area (Å²) < 4.78 is 10.7. The van der Waals surface area contributed by atoms with E-state index in [1.165, 1.54) is 18.4 Å². The molecule has 150 valence electrons. The van der Waals surface area contributed by atoms with Gasteiger partial charge in [0.2, 0.25) is 6.79 Å². The number of hydrogen-bond acceptors (Lipinski definition) is 4. The van der Waals surface area contributed by atoms with Crippen LogP contribution in [0.3, 0.4) is 0 Å². The molecular formula is C24H30O4. The molecule has 1 N–H and O–H groups in total. The molecule has 1 aliphatic rings. The summed E-state index contributed by atoms with van der Waals surface area (Å²) >= 11 is 0. The van der Waals surface area contributed by atoms with Crippen molar-refractivity contribution in [2.45, 2.75) is 63.9 Å². The molecule has 0 fully saturated rings. The average Bonchev–Trinajstić information content (AvgIpc) is 3.17. The second kappa shape index (κ2) is 10.9. The number of fused-ring (bicyclic) bond motifs is 1. The second-order valence-electron chi connectivity index (χ2n) is 7.52. The van der Waals surface area contributed by atoms with Crippen LogP contribution in [0.4, 0.5) is 0 Å². The van der Waals surface area contributed by atoms with E-state index in [4.69, 9.17) is 9.47 Å². The van der Waals surface area contributed by atoms with Gasteiger partial charge in [-0.05, 0) is 48.9 Å². The fourth-order valence-electron chi connectivity index (χ4n) is 3.55. The zero-order chi connectivity index (χ0) is 19.6. The monoisotopic (exact) mass is 382 g/mol. The van der Waals surface area contributed by atoms with Gasteiger partial charge >= 0.3 is 0 Å². The topological polar surface area (TPSA) is 55.8 Å². The third-order valence-corrected chi connectivity index (χ3v) is 5.19. The summed E-state index contributed by atoms with van der Waals surface area (Å²) in [5, 5.41) is 10.1. The first-order valence-electron chi connectivity index (χ1n) is 10.3. The average molecular weight is 383 g/mol. The van der Waals surface area contributed by atoms with Crippen LogP contribution in [0.25, 0.3) is 0 Å². The zero-order valence-electron chi connectivity index (χ0n) is 16.4. The van der Waals surface area contributed by atoms with Crippen molar-refractivity contribution in [3.05, 3.63) is 59.7 Å². The van der Waals surface area contributed by atoms with Crippen LogP contribution in [0.5, 0.6) is 11.5 Å². The molecule has 0 aromatic heterocycles. The Labute approximate surface area is 167 Å². The van der Waals surface area contributed by atoms with Crippen molar-refractivity contribution in [2.75, 3.05) is 6.79 Å². The number of ketones is 1. The predicted octanol–water partition coefficient (Wildman–Crippen LogP) is 4.86. The van der Waals surface area contributed by atoms with Gasteiger partial charge in [0.1, 0.15) is 5.78 Å². The van der Waals surface area contributed by atoms with E-state index in [1.807, 2.05) is 24.3 Å². The van der Waals surface area contributed by atoms with Crippen LogP contribution in [-0.2, 0) is 17.6 Å². The highest BCUT2D eigenvalue weighted by Crippen LogP contribution is 2.32. The number of hydrogen-bond donors (Lipinski definition) is 1. The van der Waals surface area contributed by atoms with Crippen molar-refractivity contribution < 1.29 is 19.4 Å². The van der Waals surface area contributed by atoms with Gasteiger partial charge in [-0.25, -0.2) is 0 Å². The number of benzene rings is 2. The van der Waals surface area contributed by atoms with E-state index in [1.54, 1.807) is 0 Å². The van der Waals surface area contributed by atoms with Crippen LogP contribution >= 0.6 is 0 Å². The molecular weight excluding hydrogens is 352 g/mol. The summed E-state index contributed by atoms with van der Waals surface area (Å²) in [6.07, 6.45) is 7.11. The maximum atomic E-state index is 12.1. The molecule has 28 heavy (non-hydrogen) atoms. The van der Waals surface area contributed by atoms with Gasteiger partial charge in [0.05, 0.1) is 6.10 Å². The number of carbonyl (C=O) groups is 1. The normalized spacial score (nSPS) is 13.5. The number of ether oxygens (including phenoxy) is 2. The second-order valence-corrected chi connectivity index (χ2v) is 7.52. The molecule has 4 heteroatoms. The fourth-order valence-corrected chi connectivity index (χ4v) is 3.55. The van der Waals surface area contributed by atoms with Gasteiger partial charge in [0, 0.05) is 12.8 Å². The molecule has 0 aliphatic carbocycles. The van der Waals surface area contributed by atoms with Crippen molar-refractivity contribution in [3.63, 3.8) is 0 Å². The van der Waals surface area contributed by atoms with Gasteiger partial charge in [-0.2, -0.15) is 0 Å². The van der Waals surface area contributed by atoms with E-state index in [9.17, 15) is 9.90 Å². The van der Waals surface area contributed by atoms with Crippen molar-refractivity contribution in [1.29, 1.82) is 0 Å². The zero-order valence-corrected chi connectivity index (χ0v) is 16.4. The van der Waals surface area contributed by atoms with Crippen molar-refractivity contribution in [1.82, 2.24) is 0 Å². The summed E-state index contributed by atoms with van der Waals surface area (Å²) in [6.45, 7) is 0.260. The van der Waals surface area contributed by atoms with Gasteiger partial charge in [0.15, 0.2) is 11.5 Å². The molecule has 3 rings (SSSR count). The lowest BCUT2D eigenvalue weighted by Gasteiger charge is -2.10. The van der Waals surface area contributed by atoms with Crippen LogP contribution < -0.4 is 9.47 Å². The maximum absolute atomic E-state index is 12.1. The molecule has 1 aliphatic heterocycles. The number of rotatable bonds is 12. The molecule has 0 saturated carbocycles. The SMILES string of the molecule is O=C(CCc1ccc2c(c1)OCO2)CC(O)CCCCCCc1ccccc1. The Morgan fingerprint density at radius 1 is 0.893 bits per heavy atom. The van der Waals surface area contributed by atoms with Crippen molar-refractivity contribution in [3.8, 4) is 11.5 Å². The molecule has 2 aromatic rings. The number of aliphatic hydroxyl groups is 1. The van der Waals surface area contributed by atoms with E-state index < -0.39 is 6.10 Å². The minimum Gasteiger partial charge on any atom is -0.454 e. The third-order valence-electron chi connectivity index (χ3n) is 5.19. The van der Waals surface area contributed by atoms with E-state index in [2.05, 4.69) is 24.3 Å². The number of unbranched alkanes of at least 4 members (excludes halogenated alkanes) is 3. The Kier molecular flexibility index (Phi) is 7.92. The number of carbonyl (C=O) groups excluding carboxylic acids is 1. The highest BCUT2D eigenvalue weighted by atomic mass is 16.7. The largest absolute Gasteiger partial charge is 0.454 e. The van der Waals surface area contributed by atoms with E-state index in [0.717, 1.165) is 36.3 Å². The van der Waals surface area contributed by atoms with Crippen LogP contribution in [0.1, 0.15) is 56.1 Å². The summed E-state index contributed by atoms with van der Waals surface area (Å²) in [5.41, 5.74) is 2.45. The van der Waals surface area contributed by atoms with E-state index in [0.29, 0.717) is 19.3 Å².